The van der Waals surface area contributed by atoms with Gasteiger partial charge in [0.05, 0.1) is 23.7 Å². The fourth-order valence-corrected chi connectivity index (χ4v) is 3.13. The third kappa shape index (κ3) is 2.64. The number of aliphatic hydroxyl groups excluding tert-OH is 1. The molecule has 126 valence electrons. The minimum atomic E-state index is -0.969. The van der Waals surface area contributed by atoms with Crippen LogP contribution in [0, 0.1) is 5.82 Å². The molecule has 0 fully saturated rings. The van der Waals surface area contributed by atoms with Crippen LogP contribution in [0.5, 0.6) is 0 Å². The van der Waals surface area contributed by atoms with Gasteiger partial charge in [-0.25, -0.2) is 4.39 Å². The number of aliphatic imine (C=N–C) groups is 1. The molecule has 1 unspecified atom stereocenters. The van der Waals surface area contributed by atoms with Crippen LogP contribution in [0.15, 0.2) is 63.7 Å². The number of hydrogen-bond acceptors (Lipinski definition) is 5. The van der Waals surface area contributed by atoms with Crippen LogP contribution < -0.4 is 4.90 Å². The molecule has 2 aromatic rings. The number of anilines is 1. The molecule has 2 aliphatic rings. The van der Waals surface area contributed by atoms with Gasteiger partial charge < -0.3 is 5.11 Å². The molecule has 2 aromatic carbocycles. The van der Waals surface area contributed by atoms with Gasteiger partial charge in [-0.2, -0.15) is 5.10 Å². The van der Waals surface area contributed by atoms with Gasteiger partial charge >= 0.3 is 0 Å². The number of rotatable bonds is 2. The molecule has 0 spiro atoms. The van der Waals surface area contributed by atoms with Crippen molar-refractivity contribution in [2.75, 3.05) is 11.4 Å². The molecule has 0 saturated heterocycles. The van der Waals surface area contributed by atoms with Gasteiger partial charge in [0, 0.05) is 11.1 Å². The topological polar surface area (TPSA) is 60.5 Å². The van der Waals surface area contributed by atoms with E-state index in [9.17, 15) is 9.50 Å². The van der Waals surface area contributed by atoms with Crippen LogP contribution >= 0.6 is 0 Å². The summed E-state index contributed by atoms with van der Waals surface area (Å²) in [5, 5.41) is 19.0. The maximum Gasteiger partial charge on any atom is 0.173 e. The third-order valence-corrected chi connectivity index (χ3v) is 4.38. The van der Waals surface area contributed by atoms with Crippen LogP contribution in [0.25, 0.3) is 0 Å². The summed E-state index contributed by atoms with van der Waals surface area (Å²) in [6, 6.07) is 14.2. The minimum absolute atomic E-state index is 0.262. The van der Waals surface area contributed by atoms with Crippen molar-refractivity contribution >= 4 is 22.9 Å². The van der Waals surface area contributed by atoms with Gasteiger partial charge in [-0.1, -0.05) is 37.3 Å². The molecule has 0 aromatic heterocycles. The zero-order valence-corrected chi connectivity index (χ0v) is 13.7. The molecule has 2 heterocycles. The number of benzene rings is 2. The highest BCUT2D eigenvalue weighted by molar-refractivity contribution is 6.21. The number of nitrogens with zero attached hydrogens (tertiary/aromatic N) is 4. The highest BCUT2D eigenvalue weighted by atomic mass is 19.1. The molecular formula is C19H17FN4O. The molecular weight excluding hydrogens is 319 g/mol. The monoisotopic (exact) mass is 336 g/mol. The normalized spacial score (nSPS) is 19.2. The van der Waals surface area contributed by atoms with Crippen molar-refractivity contribution < 1.29 is 9.50 Å². The van der Waals surface area contributed by atoms with E-state index in [1.165, 1.54) is 12.1 Å². The first kappa shape index (κ1) is 15.7. The number of halogens is 1. The number of hydrogen-bond donors (Lipinski definition) is 1. The highest BCUT2D eigenvalue weighted by Gasteiger charge is 2.33. The van der Waals surface area contributed by atoms with Crippen molar-refractivity contribution in [1.29, 1.82) is 0 Å². The first-order valence-electron chi connectivity index (χ1n) is 8.19. The maximum atomic E-state index is 14.0. The maximum absolute atomic E-state index is 14.0. The molecule has 6 heteroatoms. The molecule has 0 bridgehead atoms. The second kappa shape index (κ2) is 6.22. The van der Waals surface area contributed by atoms with Crippen molar-refractivity contribution in [3.63, 3.8) is 0 Å². The van der Waals surface area contributed by atoms with Crippen molar-refractivity contribution in [3.8, 4) is 0 Å². The predicted molar refractivity (Wildman–Crippen MR) is 97.0 cm³/mol. The minimum Gasteiger partial charge on any atom is -0.368 e. The molecule has 1 atom stereocenters. The number of amidine groups is 1. The second-order valence-corrected chi connectivity index (χ2v) is 5.90. The summed E-state index contributed by atoms with van der Waals surface area (Å²) < 4.78 is 14.0. The second-order valence-electron chi connectivity index (χ2n) is 5.90. The van der Waals surface area contributed by atoms with Crippen LogP contribution in [0.4, 0.5) is 10.1 Å². The summed E-state index contributed by atoms with van der Waals surface area (Å²) in [7, 11) is 0. The largest absolute Gasteiger partial charge is 0.368 e. The molecule has 25 heavy (non-hydrogen) atoms. The van der Waals surface area contributed by atoms with E-state index in [2.05, 4.69) is 15.2 Å². The van der Waals surface area contributed by atoms with Gasteiger partial charge in [-0.3, -0.25) is 9.89 Å². The lowest BCUT2D eigenvalue weighted by Gasteiger charge is -2.32. The molecule has 5 nitrogen and oxygen atoms in total. The zero-order valence-electron chi connectivity index (χ0n) is 13.7. The van der Waals surface area contributed by atoms with Gasteiger partial charge in [-0.15, -0.1) is 5.10 Å². The summed E-state index contributed by atoms with van der Waals surface area (Å²) in [6.45, 7) is 2.16. The molecule has 1 N–H and O–H groups in total. The Balaban J connectivity index is 1.92. The Hall–Kier alpha value is -2.86. The summed E-state index contributed by atoms with van der Waals surface area (Å²) in [5.41, 5.74) is 3.53. The third-order valence-electron chi connectivity index (χ3n) is 4.38. The Kier molecular flexibility index (Phi) is 3.89. The average Bonchev–Trinajstić information content (AvgIpc) is 2.80. The summed E-state index contributed by atoms with van der Waals surface area (Å²) in [6.07, 6.45) is -0.408. The lowest BCUT2D eigenvalue weighted by atomic mass is 9.99. The average molecular weight is 336 g/mol. The Morgan fingerprint density at radius 1 is 1.16 bits per heavy atom. The van der Waals surface area contributed by atoms with Crippen LogP contribution in [0.2, 0.25) is 0 Å². The summed E-state index contributed by atoms with van der Waals surface area (Å²) in [5.74, 6) is 0.127. The summed E-state index contributed by atoms with van der Waals surface area (Å²) in [4.78, 5) is 6.30. The van der Waals surface area contributed by atoms with Crippen molar-refractivity contribution in [2.24, 2.45) is 15.2 Å². The van der Waals surface area contributed by atoms with E-state index < -0.39 is 6.23 Å². The van der Waals surface area contributed by atoms with E-state index in [1.807, 2.05) is 37.3 Å². The smallest absolute Gasteiger partial charge is 0.173 e. The van der Waals surface area contributed by atoms with E-state index in [0.717, 1.165) is 16.8 Å². The standard InChI is InChI=1S/C19H17FN4O/c1-2-15-19(25)24-16-10-13(20)8-9-14(16)18(12-6-4-3-5-7-12)21-11-17(24)23-22-15/h3-10,19,25H,2,11H2,1H3. The zero-order chi connectivity index (χ0) is 17.4. The van der Waals surface area contributed by atoms with Crippen LogP contribution in [0.1, 0.15) is 24.5 Å². The predicted octanol–water partition coefficient (Wildman–Crippen LogP) is 2.98. The Bertz CT molecular complexity index is 905. The number of fused-ring (bicyclic) bond motifs is 3. The van der Waals surface area contributed by atoms with E-state index in [1.54, 1.807) is 11.0 Å². The van der Waals surface area contributed by atoms with Gasteiger partial charge in [-0.05, 0) is 24.6 Å². The Labute approximate surface area is 144 Å². The SMILES string of the molecule is CCC1=NN=C2CN=C(c3ccccc3)c3ccc(F)cc3N2C1O. The van der Waals surface area contributed by atoms with Crippen molar-refractivity contribution in [2.45, 2.75) is 19.6 Å². The lowest BCUT2D eigenvalue weighted by Crippen LogP contribution is -2.48. The van der Waals surface area contributed by atoms with Crippen LogP contribution in [0.3, 0.4) is 0 Å². The fraction of sp³-hybridized carbons (Fsp3) is 0.211. The molecule has 0 aliphatic carbocycles. The molecule has 2 aliphatic heterocycles. The Morgan fingerprint density at radius 2 is 1.96 bits per heavy atom. The van der Waals surface area contributed by atoms with E-state index in [4.69, 9.17) is 0 Å². The van der Waals surface area contributed by atoms with E-state index in [0.29, 0.717) is 23.7 Å². The highest BCUT2D eigenvalue weighted by Crippen LogP contribution is 2.31. The first-order valence-corrected chi connectivity index (χ1v) is 8.19. The fourth-order valence-electron chi connectivity index (χ4n) is 3.13. The van der Waals surface area contributed by atoms with Crippen molar-refractivity contribution in [1.82, 2.24) is 0 Å². The molecule has 0 saturated carbocycles. The van der Waals surface area contributed by atoms with E-state index in [-0.39, 0.29) is 12.4 Å². The number of aliphatic hydroxyl groups is 1. The van der Waals surface area contributed by atoms with Gasteiger partial charge in [0.25, 0.3) is 0 Å². The van der Waals surface area contributed by atoms with Gasteiger partial charge in [0.2, 0.25) is 0 Å². The first-order chi connectivity index (χ1) is 12.2. The lowest BCUT2D eigenvalue weighted by molar-refractivity contribution is 0.246. The quantitative estimate of drug-likeness (QED) is 0.916. The van der Waals surface area contributed by atoms with Crippen LogP contribution in [-0.4, -0.2) is 35.1 Å². The molecule has 4 rings (SSSR count). The molecule has 0 radical (unpaired) electrons. The van der Waals surface area contributed by atoms with E-state index >= 15 is 0 Å². The molecule has 0 amide bonds. The van der Waals surface area contributed by atoms with Gasteiger partial charge in [0.1, 0.15) is 5.82 Å². The van der Waals surface area contributed by atoms with Crippen molar-refractivity contribution in [3.05, 3.63) is 65.5 Å². The Morgan fingerprint density at radius 3 is 2.72 bits per heavy atom. The van der Waals surface area contributed by atoms with Gasteiger partial charge in [0.15, 0.2) is 12.1 Å². The van der Waals surface area contributed by atoms with Crippen LogP contribution in [-0.2, 0) is 0 Å². The summed E-state index contributed by atoms with van der Waals surface area (Å²) >= 11 is 0.